The normalized spacial score (nSPS) is 16.0. The average Bonchev–Trinajstić information content (AvgIpc) is 2.57. The molecule has 0 aliphatic carbocycles. The summed E-state index contributed by atoms with van der Waals surface area (Å²) >= 11 is 6.21. The fourth-order valence-electron chi connectivity index (χ4n) is 2.74. The number of aromatic nitrogens is 1. The molecule has 5 heteroatoms. The van der Waals surface area contributed by atoms with Crippen LogP contribution >= 0.6 is 11.6 Å². The van der Waals surface area contributed by atoms with E-state index in [1.54, 1.807) is 6.20 Å². The lowest BCUT2D eigenvalue weighted by molar-refractivity contribution is 0.249. The van der Waals surface area contributed by atoms with Crippen LogP contribution in [-0.2, 0) is 13.2 Å². The first kappa shape index (κ1) is 15.3. The Morgan fingerprint density at radius 2 is 1.68 bits per heavy atom. The highest BCUT2D eigenvalue weighted by molar-refractivity contribution is 6.32. The highest BCUT2D eigenvalue weighted by atomic mass is 35.5. The summed E-state index contributed by atoms with van der Waals surface area (Å²) in [6.45, 7) is 4.90. The third-order valence-corrected chi connectivity index (χ3v) is 4.32. The third kappa shape index (κ3) is 3.58. The molecule has 0 unspecified atom stereocenters. The predicted octanol–water partition coefficient (Wildman–Crippen LogP) is 2.55. The maximum atomic E-state index is 9.08. The molecule has 1 aromatic carbocycles. The lowest BCUT2D eigenvalue weighted by atomic mass is 10.1. The van der Waals surface area contributed by atoms with E-state index in [4.69, 9.17) is 16.7 Å². The number of nitrogens with zero attached hydrogens (tertiary/aromatic N) is 3. The highest BCUT2D eigenvalue weighted by Crippen LogP contribution is 2.23. The molecule has 1 saturated heterocycles. The number of hydrogen-bond donors (Lipinski definition) is 1. The van der Waals surface area contributed by atoms with Gasteiger partial charge in [-0.05, 0) is 23.3 Å². The smallest absolute Gasteiger partial charge is 0.147 e. The van der Waals surface area contributed by atoms with Crippen molar-refractivity contribution in [2.45, 2.75) is 13.2 Å². The Labute approximate surface area is 136 Å². The van der Waals surface area contributed by atoms with Crippen LogP contribution in [0.5, 0.6) is 0 Å². The molecular formula is C17H20ClN3O. The van der Waals surface area contributed by atoms with Crippen molar-refractivity contribution < 1.29 is 5.11 Å². The van der Waals surface area contributed by atoms with E-state index in [0.29, 0.717) is 0 Å². The van der Waals surface area contributed by atoms with Crippen LogP contribution in [0.3, 0.4) is 0 Å². The topological polar surface area (TPSA) is 39.6 Å². The zero-order valence-corrected chi connectivity index (χ0v) is 13.2. The molecule has 4 nitrogen and oxygen atoms in total. The zero-order chi connectivity index (χ0) is 15.4. The molecule has 116 valence electrons. The standard InChI is InChI=1S/C17H20ClN3O/c18-16-2-1-7-19-17(16)21-10-8-20(9-11-21)12-14-3-5-15(13-22)6-4-14/h1-7,22H,8-13H2. The lowest BCUT2D eigenvalue weighted by Crippen LogP contribution is -2.46. The Kier molecular flexibility index (Phi) is 4.93. The molecule has 3 rings (SSSR count). The van der Waals surface area contributed by atoms with Crippen LogP contribution in [0.25, 0.3) is 0 Å². The van der Waals surface area contributed by atoms with E-state index in [0.717, 1.165) is 49.1 Å². The van der Waals surface area contributed by atoms with Crippen molar-refractivity contribution in [2.75, 3.05) is 31.1 Å². The molecule has 0 spiro atoms. The quantitative estimate of drug-likeness (QED) is 0.940. The number of pyridine rings is 1. The Morgan fingerprint density at radius 1 is 1.00 bits per heavy atom. The number of benzene rings is 1. The minimum absolute atomic E-state index is 0.101. The van der Waals surface area contributed by atoms with Crippen LogP contribution in [0.2, 0.25) is 5.02 Å². The van der Waals surface area contributed by atoms with E-state index in [-0.39, 0.29) is 6.61 Å². The van der Waals surface area contributed by atoms with Crippen molar-refractivity contribution in [3.05, 3.63) is 58.7 Å². The van der Waals surface area contributed by atoms with E-state index in [1.807, 2.05) is 24.3 Å². The van der Waals surface area contributed by atoms with Crippen molar-refractivity contribution >= 4 is 17.4 Å². The minimum Gasteiger partial charge on any atom is -0.392 e. The summed E-state index contributed by atoms with van der Waals surface area (Å²) in [5, 5.41) is 9.80. The fourth-order valence-corrected chi connectivity index (χ4v) is 2.98. The number of piperazine rings is 1. The van der Waals surface area contributed by atoms with Crippen LogP contribution in [0.15, 0.2) is 42.6 Å². The van der Waals surface area contributed by atoms with Gasteiger partial charge in [0.05, 0.1) is 11.6 Å². The van der Waals surface area contributed by atoms with Gasteiger partial charge in [-0.3, -0.25) is 4.90 Å². The van der Waals surface area contributed by atoms with Crippen molar-refractivity contribution in [2.24, 2.45) is 0 Å². The molecule has 1 fully saturated rings. The van der Waals surface area contributed by atoms with Crippen molar-refractivity contribution in [3.8, 4) is 0 Å². The summed E-state index contributed by atoms with van der Waals surface area (Å²) < 4.78 is 0. The number of aliphatic hydroxyl groups excluding tert-OH is 1. The Morgan fingerprint density at radius 3 is 2.32 bits per heavy atom. The number of hydrogen-bond acceptors (Lipinski definition) is 4. The molecule has 0 radical (unpaired) electrons. The van der Waals surface area contributed by atoms with Crippen LogP contribution in [0.4, 0.5) is 5.82 Å². The largest absolute Gasteiger partial charge is 0.392 e. The lowest BCUT2D eigenvalue weighted by Gasteiger charge is -2.35. The van der Waals surface area contributed by atoms with Gasteiger partial charge >= 0.3 is 0 Å². The molecule has 0 atom stereocenters. The molecule has 1 N–H and O–H groups in total. The average molecular weight is 318 g/mol. The molecule has 0 amide bonds. The molecule has 22 heavy (non-hydrogen) atoms. The van der Waals surface area contributed by atoms with Gasteiger partial charge in [-0.2, -0.15) is 0 Å². The van der Waals surface area contributed by atoms with E-state index < -0.39 is 0 Å². The van der Waals surface area contributed by atoms with Gasteiger partial charge in [0, 0.05) is 38.9 Å². The number of anilines is 1. The van der Waals surface area contributed by atoms with E-state index in [1.165, 1.54) is 5.56 Å². The van der Waals surface area contributed by atoms with Gasteiger partial charge in [-0.15, -0.1) is 0 Å². The number of halogens is 1. The third-order valence-electron chi connectivity index (χ3n) is 4.02. The predicted molar refractivity (Wildman–Crippen MR) is 89.1 cm³/mol. The van der Waals surface area contributed by atoms with E-state index >= 15 is 0 Å². The second-order valence-electron chi connectivity index (χ2n) is 5.55. The van der Waals surface area contributed by atoms with E-state index in [2.05, 4.69) is 26.9 Å². The number of rotatable bonds is 4. The van der Waals surface area contributed by atoms with Crippen LogP contribution in [0, 0.1) is 0 Å². The first-order valence-corrected chi connectivity index (χ1v) is 7.90. The maximum Gasteiger partial charge on any atom is 0.147 e. The summed E-state index contributed by atoms with van der Waals surface area (Å²) in [6, 6.07) is 11.9. The van der Waals surface area contributed by atoms with Crippen LogP contribution in [-0.4, -0.2) is 41.2 Å². The molecule has 2 heterocycles. The summed E-state index contributed by atoms with van der Waals surface area (Å²) in [6.07, 6.45) is 1.79. The van der Waals surface area contributed by atoms with Gasteiger partial charge in [0.25, 0.3) is 0 Å². The Balaban J connectivity index is 1.56. The first-order valence-electron chi connectivity index (χ1n) is 7.53. The Bertz CT molecular complexity index is 610. The maximum absolute atomic E-state index is 9.08. The van der Waals surface area contributed by atoms with Gasteiger partial charge < -0.3 is 10.0 Å². The SMILES string of the molecule is OCc1ccc(CN2CCN(c3ncccc3Cl)CC2)cc1. The first-order chi connectivity index (χ1) is 10.8. The van der Waals surface area contributed by atoms with Gasteiger partial charge in [-0.1, -0.05) is 35.9 Å². The minimum atomic E-state index is 0.101. The molecule has 2 aromatic rings. The van der Waals surface area contributed by atoms with Crippen molar-refractivity contribution in [1.29, 1.82) is 0 Å². The Hall–Kier alpha value is -1.62. The fraction of sp³-hybridized carbons (Fsp3) is 0.353. The van der Waals surface area contributed by atoms with Crippen LogP contribution < -0.4 is 4.90 Å². The van der Waals surface area contributed by atoms with Gasteiger partial charge in [0.2, 0.25) is 0 Å². The zero-order valence-electron chi connectivity index (χ0n) is 12.5. The summed E-state index contributed by atoms with van der Waals surface area (Å²) in [5.74, 6) is 0.885. The molecule has 1 aliphatic rings. The summed E-state index contributed by atoms with van der Waals surface area (Å²) in [5.41, 5.74) is 2.24. The molecular weight excluding hydrogens is 298 g/mol. The summed E-state index contributed by atoms with van der Waals surface area (Å²) in [4.78, 5) is 9.06. The summed E-state index contributed by atoms with van der Waals surface area (Å²) in [7, 11) is 0. The highest BCUT2D eigenvalue weighted by Gasteiger charge is 2.19. The van der Waals surface area contributed by atoms with Crippen molar-refractivity contribution in [3.63, 3.8) is 0 Å². The second-order valence-corrected chi connectivity index (χ2v) is 5.95. The van der Waals surface area contributed by atoms with Gasteiger partial charge in [0.1, 0.15) is 5.82 Å². The monoisotopic (exact) mass is 317 g/mol. The van der Waals surface area contributed by atoms with Gasteiger partial charge in [0.15, 0.2) is 0 Å². The second kappa shape index (κ2) is 7.09. The number of aliphatic hydroxyl groups is 1. The molecule has 0 bridgehead atoms. The van der Waals surface area contributed by atoms with Gasteiger partial charge in [-0.25, -0.2) is 4.98 Å². The van der Waals surface area contributed by atoms with Crippen molar-refractivity contribution in [1.82, 2.24) is 9.88 Å². The molecule has 0 saturated carbocycles. The van der Waals surface area contributed by atoms with E-state index in [9.17, 15) is 0 Å². The molecule has 1 aromatic heterocycles. The molecule has 1 aliphatic heterocycles. The van der Waals surface area contributed by atoms with Crippen LogP contribution in [0.1, 0.15) is 11.1 Å².